The van der Waals surface area contributed by atoms with Crippen LogP contribution in [0.15, 0.2) is 11.4 Å². The number of carbonyl (C=O) groups is 1. The van der Waals surface area contributed by atoms with Crippen molar-refractivity contribution < 1.29 is 4.79 Å². The molecule has 1 rings (SSSR count). The maximum absolute atomic E-state index is 12.5. The van der Waals surface area contributed by atoms with Gasteiger partial charge in [0.1, 0.15) is 0 Å². The molecule has 0 saturated heterocycles. The Hall–Kier alpha value is -1.31. The third-order valence-corrected chi connectivity index (χ3v) is 3.89. The van der Waals surface area contributed by atoms with Crippen molar-refractivity contribution in [3.05, 3.63) is 21.9 Å². The van der Waals surface area contributed by atoms with Gasteiger partial charge in [-0.2, -0.15) is 0 Å². The number of rotatable bonds is 6. The van der Waals surface area contributed by atoms with E-state index in [0.717, 1.165) is 36.2 Å². The first-order chi connectivity index (χ1) is 9.60. The molecular weight excluding hydrogens is 268 g/mol. The molecule has 1 amide bonds. The molecule has 0 spiro atoms. The highest BCUT2D eigenvalue weighted by Gasteiger charge is 2.19. The standard InChI is InChI=1S/C16H24N2OS/c1-4-5-6-10-18(13(2)3)16(19)14-11-15(20-12-14)8-7-9-17/h11-13H,4-6,9-10,17H2,1-3H3. The van der Waals surface area contributed by atoms with E-state index in [1.165, 1.54) is 11.3 Å². The lowest BCUT2D eigenvalue weighted by molar-refractivity contribution is 0.0703. The van der Waals surface area contributed by atoms with Crippen LogP contribution in [0.2, 0.25) is 0 Å². The van der Waals surface area contributed by atoms with Crippen molar-refractivity contribution in [3.63, 3.8) is 0 Å². The SMILES string of the molecule is CCCCCN(C(=O)c1csc(C#CCN)c1)C(C)C. The molecule has 0 unspecified atom stereocenters. The number of hydrogen-bond acceptors (Lipinski definition) is 3. The van der Waals surface area contributed by atoms with Crippen LogP contribution in [0.5, 0.6) is 0 Å². The number of amides is 1. The first-order valence-corrected chi connectivity index (χ1v) is 8.06. The fourth-order valence-electron chi connectivity index (χ4n) is 1.94. The molecule has 0 aliphatic rings. The lowest BCUT2D eigenvalue weighted by Crippen LogP contribution is -2.37. The van der Waals surface area contributed by atoms with Crippen LogP contribution in [0.1, 0.15) is 55.3 Å². The zero-order chi connectivity index (χ0) is 15.0. The van der Waals surface area contributed by atoms with Gasteiger partial charge in [0.05, 0.1) is 17.0 Å². The van der Waals surface area contributed by atoms with Gasteiger partial charge in [-0.15, -0.1) is 11.3 Å². The van der Waals surface area contributed by atoms with Gasteiger partial charge in [-0.25, -0.2) is 0 Å². The van der Waals surface area contributed by atoms with Gasteiger partial charge in [-0.1, -0.05) is 31.6 Å². The second kappa shape index (κ2) is 8.78. The third-order valence-electron chi connectivity index (χ3n) is 3.05. The van der Waals surface area contributed by atoms with Gasteiger partial charge >= 0.3 is 0 Å². The van der Waals surface area contributed by atoms with Crippen LogP contribution in [0.4, 0.5) is 0 Å². The maximum atomic E-state index is 12.5. The predicted octanol–water partition coefficient (Wildman–Crippen LogP) is 3.10. The van der Waals surface area contributed by atoms with Crippen molar-refractivity contribution in [2.24, 2.45) is 5.73 Å². The molecule has 2 N–H and O–H groups in total. The van der Waals surface area contributed by atoms with Crippen LogP contribution in [0, 0.1) is 11.8 Å². The Balaban J connectivity index is 2.76. The number of nitrogens with zero attached hydrogens (tertiary/aromatic N) is 1. The summed E-state index contributed by atoms with van der Waals surface area (Å²) in [6.07, 6.45) is 3.38. The molecule has 0 radical (unpaired) electrons. The Kier molecular flexibility index (Phi) is 7.35. The zero-order valence-electron chi connectivity index (χ0n) is 12.6. The number of thiophene rings is 1. The molecule has 0 saturated carbocycles. The van der Waals surface area contributed by atoms with Gasteiger partial charge in [0.25, 0.3) is 5.91 Å². The topological polar surface area (TPSA) is 46.3 Å². The fraction of sp³-hybridized carbons (Fsp3) is 0.562. The monoisotopic (exact) mass is 292 g/mol. The van der Waals surface area contributed by atoms with Gasteiger partial charge in [0.2, 0.25) is 0 Å². The zero-order valence-corrected chi connectivity index (χ0v) is 13.4. The van der Waals surface area contributed by atoms with E-state index in [2.05, 4.69) is 32.6 Å². The van der Waals surface area contributed by atoms with Crippen molar-refractivity contribution in [2.75, 3.05) is 13.1 Å². The van der Waals surface area contributed by atoms with E-state index in [9.17, 15) is 4.79 Å². The number of carbonyl (C=O) groups excluding carboxylic acids is 1. The van der Waals surface area contributed by atoms with Crippen LogP contribution < -0.4 is 5.73 Å². The minimum atomic E-state index is 0.105. The third kappa shape index (κ3) is 4.99. The number of nitrogens with two attached hydrogens (primary N) is 1. The maximum Gasteiger partial charge on any atom is 0.254 e. The number of unbranched alkanes of at least 4 members (excludes halogenated alkanes) is 2. The van der Waals surface area contributed by atoms with E-state index in [0.29, 0.717) is 6.54 Å². The second-order valence-electron chi connectivity index (χ2n) is 5.00. The summed E-state index contributed by atoms with van der Waals surface area (Å²) >= 11 is 1.50. The highest BCUT2D eigenvalue weighted by atomic mass is 32.1. The summed E-state index contributed by atoms with van der Waals surface area (Å²) in [5.41, 5.74) is 6.09. The summed E-state index contributed by atoms with van der Waals surface area (Å²) in [4.78, 5) is 15.4. The van der Waals surface area contributed by atoms with E-state index < -0.39 is 0 Å². The van der Waals surface area contributed by atoms with Crippen molar-refractivity contribution >= 4 is 17.2 Å². The van der Waals surface area contributed by atoms with Crippen LogP contribution in [-0.4, -0.2) is 29.9 Å². The van der Waals surface area contributed by atoms with E-state index in [4.69, 9.17) is 5.73 Å². The van der Waals surface area contributed by atoms with Crippen LogP contribution in [-0.2, 0) is 0 Å². The molecular formula is C16H24N2OS. The summed E-state index contributed by atoms with van der Waals surface area (Å²) in [6.45, 7) is 7.46. The smallest absolute Gasteiger partial charge is 0.254 e. The van der Waals surface area contributed by atoms with E-state index in [1.54, 1.807) is 0 Å². The van der Waals surface area contributed by atoms with Crippen LogP contribution in [0.25, 0.3) is 0 Å². The minimum absolute atomic E-state index is 0.105. The van der Waals surface area contributed by atoms with E-state index >= 15 is 0 Å². The van der Waals surface area contributed by atoms with Crippen molar-refractivity contribution in [1.29, 1.82) is 0 Å². The molecule has 4 heteroatoms. The molecule has 110 valence electrons. The van der Waals surface area contributed by atoms with Gasteiger partial charge < -0.3 is 10.6 Å². The summed E-state index contributed by atoms with van der Waals surface area (Å²) in [5.74, 6) is 5.89. The Morgan fingerprint density at radius 2 is 2.20 bits per heavy atom. The summed E-state index contributed by atoms with van der Waals surface area (Å²) in [6, 6.07) is 2.09. The quantitative estimate of drug-likeness (QED) is 0.647. The second-order valence-corrected chi connectivity index (χ2v) is 5.92. The Morgan fingerprint density at radius 3 is 2.80 bits per heavy atom. The van der Waals surface area contributed by atoms with E-state index in [-0.39, 0.29) is 11.9 Å². The first kappa shape index (κ1) is 16.7. The first-order valence-electron chi connectivity index (χ1n) is 7.18. The van der Waals surface area contributed by atoms with Gasteiger partial charge in [0, 0.05) is 18.0 Å². The highest BCUT2D eigenvalue weighted by Crippen LogP contribution is 2.17. The fourth-order valence-corrected chi connectivity index (χ4v) is 2.69. The Labute approximate surface area is 126 Å². The summed E-state index contributed by atoms with van der Waals surface area (Å²) in [5, 5.41) is 1.89. The number of hydrogen-bond donors (Lipinski definition) is 1. The molecule has 0 fully saturated rings. The predicted molar refractivity (Wildman–Crippen MR) is 85.9 cm³/mol. The Bertz CT molecular complexity index is 482. The molecule has 0 atom stereocenters. The summed E-state index contributed by atoms with van der Waals surface area (Å²) in [7, 11) is 0. The van der Waals surface area contributed by atoms with Crippen molar-refractivity contribution in [2.45, 2.75) is 46.1 Å². The lowest BCUT2D eigenvalue weighted by atomic mass is 10.2. The van der Waals surface area contributed by atoms with Gasteiger partial charge in [-0.05, 0) is 26.3 Å². The van der Waals surface area contributed by atoms with Crippen molar-refractivity contribution in [3.8, 4) is 11.8 Å². The molecule has 0 bridgehead atoms. The van der Waals surface area contributed by atoms with E-state index in [1.807, 2.05) is 16.3 Å². The average molecular weight is 292 g/mol. The van der Waals surface area contributed by atoms with Gasteiger partial charge in [0.15, 0.2) is 0 Å². The average Bonchev–Trinajstić information content (AvgIpc) is 2.89. The molecule has 1 heterocycles. The lowest BCUT2D eigenvalue weighted by Gasteiger charge is -2.26. The summed E-state index contributed by atoms with van der Waals surface area (Å²) < 4.78 is 0. The molecule has 1 aromatic rings. The minimum Gasteiger partial charge on any atom is -0.336 e. The Morgan fingerprint density at radius 1 is 1.45 bits per heavy atom. The molecule has 3 nitrogen and oxygen atoms in total. The molecule has 20 heavy (non-hydrogen) atoms. The largest absolute Gasteiger partial charge is 0.336 e. The molecule has 0 aromatic carbocycles. The van der Waals surface area contributed by atoms with Crippen molar-refractivity contribution in [1.82, 2.24) is 4.90 Å². The highest BCUT2D eigenvalue weighted by molar-refractivity contribution is 7.10. The molecule has 0 aliphatic carbocycles. The van der Waals surface area contributed by atoms with Crippen LogP contribution in [0.3, 0.4) is 0 Å². The normalized spacial score (nSPS) is 10.2. The van der Waals surface area contributed by atoms with Crippen LogP contribution >= 0.6 is 11.3 Å². The molecule has 0 aliphatic heterocycles. The molecule has 1 aromatic heterocycles. The van der Waals surface area contributed by atoms with Gasteiger partial charge in [-0.3, -0.25) is 4.79 Å².